The van der Waals surface area contributed by atoms with Gasteiger partial charge in [0.2, 0.25) is 0 Å². The van der Waals surface area contributed by atoms with E-state index in [1.807, 2.05) is 0 Å². The van der Waals surface area contributed by atoms with Crippen molar-refractivity contribution in [3.63, 3.8) is 0 Å². The summed E-state index contributed by atoms with van der Waals surface area (Å²) in [6.45, 7) is 14.0. The second-order valence-corrected chi connectivity index (χ2v) is 17.7. The van der Waals surface area contributed by atoms with Crippen LogP contribution in [0.4, 0.5) is 0 Å². The van der Waals surface area contributed by atoms with Crippen LogP contribution in [0.25, 0.3) is 11.1 Å². The zero-order valence-corrected chi connectivity index (χ0v) is 16.7. The van der Waals surface area contributed by atoms with Crippen LogP contribution in [0.1, 0.15) is 11.3 Å². The maximum Gasteiger partial charge on any atom is 0.184 e. The standard InChI is InChI=1S/C19H28OSi2/c1-21(2,3)19(20-22(4,5)6)18-14-12-17(13-15-18)16-10-8-7-9-11-16/h7-15,19H,1-6H3. The Hall–Kier alpha value is -1.17. The monoisotopic (exact) mass is 328 g/mol. The SMILES string of the molecule is C[Si](C)(C)OC(c1ccc(-c2ccccc2)cc1)[Si](C)(C)C. The number of benzene rings is 2. The first-order chi connectivity index (χ1) is 10.2. The summed E-state index contributed by atoms with van der Waals surface area (Å²) in [4.78, 5) is 0. The first kappa shape index (κ1) is 17.2. The first-order valence-electron chi connectivity index (χ1n) is 8.00. The molecule has 3 heteroatoms. The molecule has 0 spiro atoms. The molecule has 0 heterocycles. The number of hydrogen-bond acceptors (Lipinski definition) is 1. The van der Waals surface area contributed by atoms with E-state index in [0.29, 0.717) is 0 Å². The van der Waals surface area contributed by atoms with Crippen LogP contribution >= 0.6 is 0 Å². The van der Waals surface area contributed by atoms with Gasteiger partial charge in [0.1, 0.15) is 0 Å². The molecule has 0 aliphatic heterocycles. The highest BCUT2D eigenvalue weighted by molar-refractivity contribution is 6.78. The van der Waals surface area contributed by atoms with E-state index in [0.717, 1.165) is 0 Å². The molecule has 0 amide bonds. The fourth-order valence-corrected chi connectivity index (χ4v) is 7.09. The highest BCUT2D eigenvalue weighted by Crippen LogP contribution is 2.32. The van der Waals surface area contributed by atoms with Crippen LogP contribution in [0.3, 0.4) is 0 Å². The highest BCUT2D eigenvalue weighted by atomic mass is 28.4. The van der Waals surface area contributed by atoms with E-state index < -0.39 is 16.4 Å². The van der Waals surface area contributed by atoms with Crippen molar-refractivity contribution in [2.45, 2.75) is 45.0 Å². The molecule has 22 heavy (non-hydrogen) atoms. The Morgan fingerprint density at radius 2 is 1.18 bits per heavy atom. The molecular formula is C19H28OSi2. The van der Waals surface area contributed by atoms with Gasteiger partial charge in [0.15, 0.2) is 8.32 Å². The van der Waals surface area contributed by atoms with Gasteiger partial charge >= 0.3 is 0 Å². The molecule has 0 aliphatic carbocycles. The predicted octanol–water partition coefficient (Wildman–Crippen LogP) is 6.12. The predicted molar refractivity (Wildman–Crippen MR) is 102 cm³/mol. The van der Waals surface area contributed by atoms with Gasteiger partial charge in [0.05, 0.1) is 13.8 Å². The van der Waals surface area contributed by atoms with Crippen LogP contribution in [0, 0.1) is 0 Å². The normalized spacial score (nSPS) is 13.9. The molecule has 2 aromatic carbocycles. The Morgan fingerprint density at radius 3 is 1.64 bits per heavy atom. The van der Waals surface area contributed by atoms with E-state index in [9.17, 15) is 0 Å². The smallest absolute Gasteiger partial charge is 0.184 e. The summed E-state index contributed by atoms with van der Waals surface area (Å²) < 4.78 is 6.53. The molecule has 0 aromatic heterocycles. The minimum atomic E-state index is -1.56. The summed E-state index contributed by atoms with van der Waals surface area (Å²) in [5, 5.41) is 0. The average molecular weight is 329 g/mol. The van der Waals surface area contributed by atoms with Crippen molar-refractivity contribution in [2.24, 2.45) is 0 Å². The molecule has 0 N–H and O–H groups in total. The summed E-state index contributed by atoms with van der Waals surface area (Å²) in [5.41, 5.74) is 4.15. The third-order valence-electron chi connectivity index (χ3n) is 3.58. The van der Waals surface area contributed by atoms with E-state index in [1.165, 1.54) is 16.7 Å². The van der Waals surface area contributed by atoms with Crippen LogP contribution < -0.4 is 0 Å². The lowest BCUT2D eigenvalue weighted by Gasteiger charge is -2.35. The van der Waals surface area contributed by atoms with Gasteiger partial charge in [-0.1, -0.05) is 74.2 Å². The van der Waals surface area contributed by atoms with Crippen molar-refractivity contribution in [1.29, 1.82) is 0 Å². The zero-order chi connectivity index (χ0) is 16.4. The van der Waals surface area contributed by atoms with Crippen molar-refractivity contribution >= 4 is 16.4 Å². The van der Waals surface area contributed by atoms with Gasteiger partial charge < -0.3 is 4.43 Å². The van der Waals surface area contributed by atoms with E-state index in [-0.39, 0.29) is 5.73 Å². The molecule has 118 valence electrons. The van der Waals surface area contributed by atoms with Crippen LogP contribution in [-0.4, -0.2) is 16.4 Å². The molecule has 0 saturated heterocycles. The minimum absolute atomic E-state index is 0.281. The van der Waals surface area contributed by atoms with Gasteiger partial charge in [0, 0.05) is 0 Å². The Bertz CT molecular complexity index is 592. The van der Waals surface area contributed by atoms with Crippen molar-refractivity contribution in [1.82, 2.24) is 0 Å². The minimum Gasteiger partial charge on any atom is -0.414 e. The van der Waals surface area contributed by atoms with Crippen molar-refractivity contribution in [2.75, 3.05) is 0 Å². The second kappa shape index (κ2) is 6.53. The van der Waals surface area contributed by atoms with Crippen LogP contribution in [0.5, 0.6) is 0 Å². The van der Waals surface area contributed by atoms with E-state index in [2.05, 4.69) is 93.9 Å². The van der Waals surface area contributed by atoms with Crippen LogP contribution in [-0.2, 0) is 4.43 Å². The molecule has 0 bridgehead atoms. The third-order valence-corrected chi connectivity index (χ3v) is 6.78. The second-order valence-electron chi connectivity index (χ2n) is 7.96. The maximum atomic E-state index is 6.53. The topological polar surface area (TPSA) is 9.23 Å². The lowest BCUT2D eigenvalue weighted by atomic mass is 10.0. The van der Waals surface area contributed by atoms with E-state index in [1.54, 1.807) is 0 Å². The zero-order valence-electron chi connectivity index (χ0n) is 14.7. The van der Waals surface area contributed by atoms with Crippen molar-refractivity contribution in [3.8, 4) is 11.1 Å². The lowest BCUT2D eigenvalue weighted by Crippen LogP contribution is -2.40. The fraction of sp³-hybridized carbons (Fsp3) is 0.368. The first-order valence-corrected chi connectivity index (χ1v) is 15.0. The molecule has 0 radical (unpaired) electrons. The van der Waals surface area contributed by atoms with Gasteiger partial charge in [0.25, 0.3) is 0 Å². The fourth-order valence-electron chi connectivity index (χ4n) is 2.58. The van der Waals surface area contributed by atoms with Crippen molar-refractivity contribution in [3.05, 3.63) is 60.2 Å². The van der Waals surface area contributed by atoms with E-state index in [4.69, 9.17) is 4.43 Å². The molecule has 0 fully saturated rings. The average Bonchev–Trinajstić information content (AvgIpc) is 2.44. The molecule has 1 atom stereocenters. The summed E-state index contributed by atoms with van der Waals surface area (Å²) >= 11 is 0. The van der Waals surface area contributed by atoms with Crippen molar-refractivity contribution < 1.29 is 4.43 Å². The molecule has 2 aromatic rings. The Balaban J connectivity index is 2.30. The largest absolute Gasteiger partial charge is 0.414 e. The third kappa shape index (κ3) is 4.66. The van der Waals surface area contributed by atoms with Gasteiger partial charge in [-0.2, -0.15) is 0 Å². The van der Waals surface area contributed by atoms with Gasteiger partial charge in [-0.15, -0.1) is 0 Å². The summed E-state index contributed by atoms with van der Waals surface area (Å²) in [7, 11) is -2.98. The summed E-state index contributed by atoms with van der Waals surface area (Å²) in [6, 6.07) is 19.5. The molecule has 2 rings (SSSR count). The Labute approximate surface area is 137 Å². The Kier molecular flexibility index (Phi) is 5.10. The number of hydrogen-bond donors (Lipinski definition) is 0. The van der Waals surface area contributed by atoms with Gasteiger partial charge in [-0.25, -0.2) is 0 Å². The summed E-state index contributed by atoms with van der Waals surface area (Å²) in [5.74, 6) is 0. The van der Waals surface area contributed by atoms with Crippen LogP contribution in [0.15, 0.2) is 54.6 Å². The molecule has 0 saturated carbocycles. The molecule has 0 aliphatic rings. The Morgan fingerprint density at radius 1 is 0.682 bits per heavy atom. The summed E-state index contributed by atoms with van der Waals surface area (Å²) in [6.07, 6.45) is 0. The maximum absolute atomic E-state index is 6.53. The highest BCUT2D eigenvalue weighted by Gasteiger charge is 2.33. The van der Waals surface area contributed by atoms with Crippen LogP contribution in [0.2, 0.25) is 39.3 Å². The van der Waals surface area contributed by atoms with E-state index >= 15 is 0 Å². The van der Waals surface area contributed by atoms with Gasteiger partial charge in [-0.3, -0.25) is 0 Å². The van der Waals surface area contributed by atoms with Gasteiger partial charge in [-0.05, 0) is 36.3 Å². The number of rotatable bonds is 5. The lowest BCUT2D eigenvalue weighted by molar-refractivity contribution is 0.268. The quantitative estimate of drug-likeness (QED) is 0.600. The molecular weight excluding hydrogens is 300 g/mol. The molecule has 1 unspecified atom stereocenters. The molecule has 1 nitrogen and oxygen atoms in total.